The lowest BCUT2D eigenvalue weighted by molar-refractivity contribution is -0.141. The molecule has 1 aromatic heterocycles. The van der Waals surface area contributed by atoms with Crippen LogP contribution in [0.2, 0.25) is 0 Å². The van der Waals surface area contributed by atoms with Crippen molar-refractivity contribution in [1.29, 1.82) is 0 Å². The van der Waals surface area contributed by atoms with Gasteiger partial charge >= 0.3 is 11.7 Å². The Balaban J connectivity index is 2.05. The van der Waals surface area contributed by atoms with Gasteiger partial charge in [0, 0.05) is 37.4 Å². The van der Waals surface area contributed by atoms with E-state index in [2.05, 4.69) is 4.98 Å². The normalized spacial score (nSPS) is 18.6. The van der Waals surface area contributed by atoms with E-state index in [9.17, 15) is 14.4 Å². The van der Waals surface area contributed by atoms with Crippen molar-refractivity contribution in [2.75, 3.05) is 13.1 Å². The number of aliphatic carboxylic acids is 1. The Kier molecular flexibility index (Phi) is 3.87. The van der Waals surface area contributed by atoms with Crippen molar-refractivity contribution in [3.05, 3.63) is 27.9 Å². The molecule has 0 bridgehead atoms. The predicted octanol–water partition coefficient (Wildman–Crippen LogP) is -0.207. The minimum absolute atomic E-state index is 0.0371. The average Bonchev–Trinajstić information content (AvgIpc) is 2.70. The standard InChI is InChI=1S/C13H17N3O4/c1-8-5-9(2)16(13(20)14-8)4-3-15-7-10(12(18)19)6-11(15)17/h5,10H,3-4,6-7H2,1-2H3,(H,18,19)/t10-/m1/s1. The number of carbonyl (C=O) groups excluding carboxylic acids is 1. The van der Waals surface area contributed by atoms with Crippen LogP contribution in [0, 0.1) is 19.8 Å². The van der Waals surface area contributed by atoms with E-state index in [0.29, 0.717) is 18.8 Å². The van der Waals surface area contributed by atoms with Crippen LogP contribution in [0.5, 0.6) is 0 Å². The summed E-state index contributed by atoms with van der Waals surface area (Å²) in [5, 5.41) is 8.91. The molecule has 1 N–H and O–H groups in total. The van der Waals surface area contributed by atoms with Gasteiger partial charge in [0.1, 0.15) is 0 Å². The number of nitrogens with zero attached hydrogens (tertiary/aromatic N) is 3. The predicted molar refractivity (Wildman–Crippen MR) is 70.3 cm³/mol. The molecule has 108 valence electrons. The molecule has 1 amide bonds. The highest BCUT2D eigenvalue weighted by molar-refractivity contribution is 5.86. The minimum atomic E-state index is -0.953. The third kappa shape index (κ3) is 2.87. The number of aryl methyl sites for hydroxylation is 2. The van der Waals surface area contributed by atoms with Gasteiger partial charge in [-0.3, -0.25) is 14.2 Å². The van der Waals surface area contributed by atoms with E-state index in [-0.39, 0.29) is 24.6 Å². The molecule has 0 saturated carbocycles. The second-order valence-electron chi connectivity index (χ2n) is 5.05. The van der Waals surface area contributed by atoms with Gasteiger partial charge in [0.25, 0.3) is 0 Å². The van der Waals surface area contributed by atoms with Crippen molar-refractivity contribution < 1.29 is 14.7 Å². The zero-order chi connectivity index (χ0) is 14.9. The Labute approximate surface area is 115 Å². The van der Waals surface area contributed by atoms with Crippen LogP contribution in [0.15, 0.2) is 10.9 Å². The maximum atomic E-state index is 11.8. The molecule has 0 aliphatic carbocycles. The number of rotatable bonds is 4. The molecule has 0 radical (unpaired) electrons. The molecule has 0 unspecified atom stereocenters. The fourth-order valence-corrected chi connectivity index (χ4v) is 2.42. The molecule has 1 saturated heterocycles. The highest BCUT2D eigenvalue weighted by Gasteiger charge is 2.33. The van der Waals surface area contributed by atoms with Crippen molar-refractivity contribution in [2.24, 2.45) is 5.92 Å². The molecular formula is C13H17N3O4. The summed E-state index contributed by atoms with van der Waals surface area (Å²) in [6.07, 6.45) is 0.0371. The summed E-state index contributed by atoms with van der Waals surface area (Å²) in [7, 11) is 0. The summed E-state index contributed by atoms with van der Waals surface area (Å²) < 4.78 is 1.49. The Morgan fingerprint density at radius 3 is 2.65 bits per heavy atom. The third-order valence-corrected chi connectivity index (χ3v) is 3.50. The topological polar surface area (TPSA) is 92.5 Å². The monoisotopic (exact) mass is 279 g/mol. The average molecular weight is 279 g/mol. The number of amides is 1. The number of carboxylic acid groups (broad SMARTS) is 1. The van der Waals surface area contributed by atoms with E-state index < -0.39 is 11.9 Å². The summed E-state index contributed by atoms with van der Waals surface area (Å²) in [5.41, 5.74) is 1.10. The molecule has 20 heavy (non-hydrogen) atoms. The first-order valence-electron chi connectivity index (χ1n) is 6.44. The van der Waals surface area contributed by atoms with Crippen molar-refractivity contribution in [3.63, 3.8) is 0 Å². The number of carboxylic acids is 1. The number of aromatic nitrogens is 2. The largest absolute Gasteiger partial charge is 0.481 e. The molecule has 0 aromatic carbocycles. The maximum Gasteiger partial charge on any atom is 0.348 e. The fraction of sp³-hybridized carbons (Fsp3) is 0.538. The van der Waals surface area contributed by atoms with E-state index in [1.54, 1.807) is 13.0 Å². The molecule has 1 aliphatic heterocycles. The molecular weight excluding hydrogens is 262 g/mol. The molecule has 7 nitrogen and oxygen atoms in total. The van der Waals surface area contributed by atoms with Crippen molar-refractivity contribution >= 4 is 11.9 Å². The van der Waals surface area contributed by atoms with Gasteiger partial charge < -0.3 is 10.0 Å². The summed E-state index contributed by atoms with van der Waals surface area (Å²) in [6, 6.07) is 1.80. The second-order valence-corrected chi connectivity index (χ2v) is 5.05. The van der Waals surface area contributed by atoms with Gasteiger partial charge in [0.05, 0.1) is 5.92 Å². The van der Waals surface area contributed by atoms with E-state index in [4.69, 9.17) is 5.11 Å². The van der Waals surface area contributed by atoms with E-state index in [0.717, 1.165) is 5.69 Å². The number of carbonyl (C=O) groups is 2. The van der Waals surface area contributed by atoms with Crippen LogP contribution in [0.3, 0.4) is 0 Å². The van der Waals surface area contributed by atoms with Crippen LogP contribution in [-0.2, 0) is 16.1 Å². The third-order valence-electron chi connectivity index (χ3n) is 3.50. The zero-order valence-electron chi connectivity index (χ0n) is 11.5. The van der Waals surface area contributed by atoms with Gasteiger partial charge in [-0.25, -0.2) is 4.79 Å². The minimum Gasteiger partial charge on any atom is -0.481 e. The van der Waals surface area contributed by atoms with Gasteiger partial charge in [-0.05, 0) is 19.9 Å². The molecule has 1 aliphatic rings. The molecule has 1 fully saturated rings. The quantitative estimate of drug-likeness (QED) is 0.823. The molecule has 1 atom stereocenters. The van der Waals surface area contributed by atoms with Gasteiger partial charge in [0.15, 0.2) is 0 Å². The SMILES string of the molecule is Cc1cc(C)n(CCN2C[C@H](C(=O)O)CC2=O)c(=O)n1. The summed E-state index contributed by atoms with van der Waals surface area (Å²) in [6.45, 7) is 4.42. The molecule has 2 rings (SSSR count). The summed E-state index contributed by atoms with van der Waals surface area (Å²) in [4.78, 5) is 39.7. The van der Waals surface area contributed by atoms with Crippen LogP contribution >= 0.6 is 0 Å². The fourth-order valence-electron chi connectivity index (χ4n) is 2.42. The first-order valence-corrected chi connectivity index (χ1v) is 6.44. The lowest BCUT2D eigenvalue weighted by Gasteiger charge is -2.17. The first kappa shape index (κ1) is 14.2. The summed E-state index contributed by atoms with van der Waals surface area (Å²) in [5.74, 6) is -1.77. The van der Waals surface area contributed by atoms with Gasteiger partial charge in [-0.15, -0.1) is 0 Å². The van der Waals surface area contributed by atoms with Crippen molar-refractivity contribution in [1.82, 2.24) is 14.5 Å². The molecule has 7 heteroatoms. The van der Waals surface area contributed by atoms with E-state index >= 15 is 0 Å². The number of hydrogen-bond donors (Lipinski definition) is 1. The zero-order valence-corrected chi connectivity index (χ0v) is 11.5. The van der Waals surface area contributed by atoms with Crippen LogP contribution in [0.25, 0.3) is 0 Å². The first-order chi connectivity index (χ1) is 9.38. The number of hydrogen-bond acceptors (Lipinski definition) is 4. The Hall–Kier alpha value is -2.18. The lowest BCUT2D eigenvalue weighted by atomic mass is 10.1. The van der Waals surface area contributed by atoms with Crippen LogP contribution in [0.4, 0.5) is 0 Å². The molecule has 2 heterocycles. The lowest BCUT2D eigenvalue weighted by Crippen LogP contribution is -2.34. The smallest absolute Gasteiger partial charge is 0.348 e. The van der Waals surface area contributed by atoms with Gasteiger partial charge in [-0.2, -0.15) is 4.98 Å². The Morgan fingerprint density at radius 2 is 2.10 bits per heavy atom. The summed E-state index contributed by atoms with van der Waals surface area (Å²) >= 11 is 0. The van der Waals surface area contributed by atoms with E-state index in [1.807, 2.05) is 6.92 Å². The number of likely N-dealkylation sites (tertiary alicyclic amines) is 1. The van der Waals surface area contributed by atoms with Crippen LogP contribution < -0.4 is 5.69 Å². The highest BCUT2D eigenvalue weighted by atomic mass is 16.4. The highest BCUT2D eigenvalue weighted by Crippen LogP contribution is 2.17. The Bertz CT molecular complexity index is 608. The maximum absolute atomic E-state index is 11.8. The van der Waals surface area contributed by atoms with Gasteiger partial charge in [-0.1, -0.05) is 0 Å². The van der Waals surface area contributed by atoms with Crippen molar-refractivity contribution in [3.8, 4) is 0 Å². The van der Waals surface area contributed by atoms with Crippen molar-refractivity contribution in [2.45, 2.75) is 26.8 Å². The van der Waals surface area contributed by atoms with Crippen LogP contribution in [-0.4, -0.2) is 44.5 Å². The Morgan fingerprint density at radius 1 is 1.40 bits per heavy atom. The van der Waals surface area contributed by atoms with E-state index in [1.165, 1.54) is 9.47 Å². The second kappa shape index (κ2) is 5.44. The molecule has 1 aromatic rings. The van der Waals surface area contributed by atoms with Crippen LogP contribution in [0.1, 0.15) is 17.8 Å². The van der Waals surface area contributed by atoms with Gasteiger partial charge in [0.2, 0.25) is 5.91 Å². The molecule has 0 spiro atoms.